The fraction of sp³-hybridized carbons (Fsp3) is 0.452. The lowest BCUT2D eigenvalue weighted by molar-refractivity contribution is -0.142. The van der Waals surface area contributed by atoms with Crippen LogP contribution in [-0.4, -0.2) is 60.3 Å². The van der Waals surface area contributed by atoms with Gasteiger partial charge in [-0.3, -0.25) is 14.4 Å². The Hall–Kier alpha value is -4.05. The minimum atomic E-state index is -1.22. The number of methoxy groups -OCH3 is 1. The highest BCUT2D eigenvalue weighted by Crippen LogP contribution is 2.55. The zero-order valence-electron chi connectivity index (χ0n) is 22.8. The number of nitrogens with zero attached hydrogens (tertiary/aromatic N) is 1. The summed E-state index contributed by atoms with van der Waals surface area (Å²) in [5.41, 5.74) is 0.164. The summed E-state index contributed by atoms with van der Waals surface area (Å²) < 4.78 is 22.7. The van der Waals surface area contributed by atoms with Gasteiger partial charge in [0.2, 0.25) is 24.5 Å². The number of hydrogen-bond donors (Lipinski definition) is 2. The Morgan fingerprint density at radius 3 is 2.59 bits per heavy atom. The molecular formula is C31H33N3O7. The quantitative estimate of drug-likeness (QED) is 0.501. The predicted octanol–water partition coefficient (Wildman–Crippen LogP) is 3.16. The van der Waals surface area contributed by atoms with Gasteiger partial charge < -0.3 is 34.5 Å². The van der Waals surface area contributed by atoms with E-state index in [1.165, 1.54) is 0 Å². The topological polar surface area (TPSA) is 115 Å². The van der Waals surface area contributed by atoms with Gasteiger partial charge in [-0.25, -0.2) is 0 Å². The van der Waals surface area contributed by atoms with Crippen LogP contribution in [0.3, 0.4) is 0 Å². The lowest BCUT2D eigenvalue weighted by atomic mass is 9.74. The number of nitrogens with one attached hydrogen (secondary N) is 2. The molecule has 1 saturated carbocycles. The number of amides is 3. The van der Waals surface area contributed by atoms with Crippen LogP contribution in [0.2, 0.25) is 0 Å². The predicted molar refractivity (Wildman–Crippen MR) is 147 cm³/mol. The van der Waals surface area contributed by atoms with E-state index in [4.69, 9.17) is 18.9 Å². The molecule has 2 bridgehead atoms. The summed E-state index contributed by atoms with van der Waals surface area (Å²) in [6.07, 6.45) is 8.18. The SMILES string of the molecule is COc1ccc(NC(=O)[C@@H]2[C@@H]3C=C[C@]4(O3)[C@@H]2C(=O)N(Cc2ccc3c(c2)OCO3)[C@@H]4C(=O)NC2CCCCC2)cc1. The maximum atomic E-state index is 14.2. The Morgan fingerprint density at radius 1 is 1.02 bits per heavy atom. The van der Waals surface area contributed by atoms with Crippen LogP contribution >= 0.6 is 0 Å². The fourth-order valence-electron chi connectivity index (χ4n) is 7.10. The maximum absolute atomic E-state index is 14.2. The van der Waals surface area contributed by atoms with Crippen molar-refractivity contribution in [2.24, 2.45) is 11.8 Å². The Labute approximate surface area is 238 Å². The van der Waals surface area contributed by atoms with Crippen molar-refractivity contribution in [3.8, 4) is 17.2 Å². The second kappa shape index (κ2) is 10.1. The Balaban J connectivity index is 1.20. The molecule has 0 unspecified atom stereocenters. The molecule has 0 aromatic heterocycles. The molecule has 10 heteroatoms. The smallest absolute Gasteiger partial charge is 0.246 e. The molecule has 0 radical (unpaired) electrons. The largest absolute Gasteiger partial charge is 0.497 e. The number of fused-ring (bicyclic) bond motifs is 2. The highest BCUT2D eigenvalue weighted by Gasteiger charge is 2.72. The molecule has 10 nitrogen and oxygen atoms in total. The van der Waals surface area contributed by atoms with Gasteiger partial charge in [0, 0.05) is 18.3 Å². The summed E-state index contributed by atoms with van der Waals surface area (Å²) in [4.78, 5) is 43.5. The molecule has 3 fully saturated rings. The van der Waals surface area contributed by atoms with E-state index in [0.29, 0.717) is 22.9 Å². The van der Waals surface area contributed by atoms with Crippen LogP contribution in [0.4, 0.5) is 5.69 Å². The molecule has 2 aromatic carbocycles. The summed E-state index contributed by atoms with van der Waals surface area (Å²) in [5, 5.41) is 6.16. The van der Waals surface area contributed by atoms with Crippen LogP contribution in [0.25, 0.3) is 0 Å². The van der Waals surface area contributed by atoms with Gasteiger partial charge in [-0.1, -0.05) is 37.5 Å². The summed E-state index contributed by atoms with van der Waals surface area (Å²) in [6, 6.07) is 11.7. The zero-order chi connectivity index (χ0) is 28.1. The van der Waals surface area contributed by atoms with Crippen molar-refractivity contribution in [3.05, 3.63) is 60.2 Å². The molecule has 2 saturated heterocycles. The number of likely N-dealkylation sites (tertiary alicyclic amines) is 1. The minimum Gasteiger partial charge on any atom is -0.497 e. The minimum absolute atomic E-state index is 0.0611. The third-order valence-electron chi connectivity index (χ3n) is 9.02. The van der Waals surface area contributed by atoms with Crippen molar-refractivity contribution in [1.29, 1.82) is 0 Å². The summed E-state index contributed by atoms with van der Waals surface area (Å²) in [7, 11) is 1.58. The third-order valence-corrected chi connectivity index (χ3v) is 9.02. The van der Waals surface area contributed by atoms with E-state index in [1.54, 1.807) is 36.3 Å². The van der Waals surface area contributed by atoms with Crippen LogP contribution in [-0.2, 0) is 25.7 Å². The van der Waals surface area contributed by atoms with Gasteiger partial charge in [0.25, 0.3) is 0 Å². The van der Waals surface area contributed by atoms with Crippen LogP contribution < -0.4 is 24.8 Å². The van der Waals surface area contributed by atoms with E-state index < -0.39 is 29.6 Å². The average molecular weight is 560 g/mol. The van der Waals surface area contributed by atoms with Crippen molar-refractivity contribution < 1.29 is 33.3 Å². The number of carbonyl (C=O) groups is 3. The second-order valence-corrected chi connectivity index (χ2v) is 11.4. The first-order valence-electron chi connectivity index (χ1n) is 14.3. The van der Waals surface area contributed by atoms with Crippen LogP contribution in [0, 0.1) is 11.8 Å². The molecule has 5 aliphatic rings. The Morgan fingerprint density at radius 2 is 1.80 bits per heavy atom. The van der Waals surface area contributed by atoms with Gasteiger partial charge in [-0.05, 0) is 54.8 Å². The molecule has 1 spiro atoms. The second-order valence-electron chi connectivity index (χ2n) is 11.4. The van der Waals surface area contributed by atoms with E-state index in [-0.39, 0.29) is 37.1 Å². The Bertz CT molecular complexity index is 1400. The van der Waals surface area contributed by atoms with E-state index in [2.05, 4.69) is 10.6 Å². The van der Waals surface area contributed by atoms with E-state index in [9.17, 15) is 14.4 Å². The van der Waals surface area contributed by atoms with Gasteiger partial charge in [0.05, 0.1) is 25.0 Å². The van der Waals surface area contributed by atoms with Crippen LogP contribution in [0.1, 0.15) is 37.7 Å². The first-order chi connectivity index (χ1) is 20.0. The van der Waals surface area contributed by atoms with E-state index >= 15 is 0 Å². The van der Waals surface area contributed by atoms with E-state index in [0.717, 1.165) is 37.7 Å². The first-order valence-corrected chi connectivity index (χ1v) is 14.3. The van der Waals surface area contributed by atoms with Crippen molar-refractivity contribution >= 4 is 23.4 Å². The van der Waals surface area contributed by atoms with Crippen molar-refractivity contribution in [3.63, 3.8) is 0 Å². The van der Waals surface area contributed by atoms with Gasteiger partial charge in [0.15, 0.2) is 11.5 Å². The zero-order valence-corrected chi connectivity index (χ0v) is 22.8. The monoisotopic (exact) mass is 559 g/mol. The summed E-state index contributed by atoms with van der Waals surface area (Å²) in [6.45, 7) is 0.315. The maximum Gasteiger partial charge on any atom is 0.246 e. The Kier molecular flexibility index (Phi) is 6.37. The molecule has 4 aliphatic heterocycles. The van der Waals surface area contributed by atoms with Crippen LogP contribution in [0.15, 0.2) is 54.6 Å². The molecule has 214 valence electrons. The lowest BCUT2D eigenvalue weighted by Crippen LogP contribution is -2.56. The lowest BCUT2D eigenvalue weighted by Gasteiger charge is -2.34. The molecular weight excluding hydrogens is 526 g/mol. The standard InChI is InChI=1S/C31H33N3O7/c1-38-21-10-8-20(9-11-21)32-28(35)25-23-13-14-31(41-23)26(25)30(37)34(16-18-7-12-22-24(15-18)40-17-39-22)27(31)29(36)33-19-5-3-2-4-6-19/h7-15,19,23,25-27H,2-6,16-17H2,1H3,(H,32,35)(H,33,36)/t23-,25+,26-,27+,31-/m0/s1. The average Bonchev–Trinajstić information content (AvgIpc) is 3.75. The van der Waals surface area contributed by atoms with Gasteiger partial charge in [-0.15, -0.1) is 0 Å². The van der Waals surface area contributed by atoms with Crippen LogP contribution in [0.5, 0.6) is 17.2 Å². The van der Waals surface area contributed by atoms with E-state index in [1.807, 2.05) is 30.4 Å². The number of rotatable bonds is 7. The molecule has 2 aromatic rings. The van der Waals surface area contributed by atoms with Crippen molar-refractivity contribution in [2.75, 3.05) is 19.2 Å². The normalized spacial score (nSPS) is 29.5. The van der Waals surface area contributed by atoms with Gasteiger partial charge in [-0.2, -0.15) is 0 Å². The first kappa shape index (κ1) is 25.9. The van der Waals surface area contributed by atoms with Gasteiger partial charge >= 0.3 is 0 Å². The molecule has 41 heavy (non-hydrogen) atoms. The number of anilines is 1. The van der Waals surface area contributed by atoms with Gasteiger partial charge in [0.1, 0.15) is 17.4 Å². The van der Waals surface area contributed by atoms with Crippen molar-refractivity contribution in [1.82, 2.24) is 10.2 Å². The summed E-state index contributed by atoms with van der Waals surface area (Å²) in [5.74, 6) is -0.518. The number of ether oxygens (including phenoxy) is 4. The highest BCUT2D eigenvalue weighted by atomic mass is 16.7. The molecule has 2 N–H and O–H groups in total. The number of hydrogen-bond acceptors (Lipinski definition) is 7. The number of benzene rings is 2. The molecule has 4 heterocycles. The van der Waals surface area contributed by atoms with Crippen molar-refractivity contribution in [2.45, 2.75) is 62.4 Å². The molecule has 7 rings (SSSR count). The number of carbonyl (C=O) groups excluding carboxylic acids is 3. The molecule has 3 amide bonds. The third kappa shape index (κ3) is 4.32. The molecule has 1 aliphatic carbocycles. The fourth-order valence-corrected chi connectivity index (χ4v) is 7.10. The highest BCUT2D eigenvalue weighted by molar-refractivity contribution is 6.02. The molecule has 5 atom stereocenters. The summed E-state index contributed by atoms with van der Waals surface area (Å²) >= 11 is 0.